The fourth-order valence-corrected chi connectivity index (χ4v) is 2.21. The van der Waals surface area contributed by atoms with E-state index in [1.807, 2.05) is 19.1 Å². The van der Waals surface area contributed by atoms with Crippen molar-refractivity contribution < 1.29 is 19.1 Å². The molecule has 1 aromatic rings. The maximum absolute atomic E-state index is 12.2. The van der Waals surface area contributed by atoms with Gasteiger partial charge in [-0.25, -0.2) is 0 Å². The molecule has 114 valence electrons. The van der Waals surface area contributed by atoms with E-state index in [1.165, 1.54) is 24.9 Å². The number of aryl methyl sites for hydroxylation is 1. The summed E-state index contributed by atoms with van der Waals surface area (Å²) >= 11 is 0. The van der Waals surface area contributed by atoms with Gasteiger partial charge in [0.25, 0.3) is 0 Å². The van der Waals surface area contributed by atoms with E-state index < -0.39 is 5.78 Å². The standard InChI is InChI=1S/C17H17NO4/c1-10-5-7-14(8-6-10)18(13(4)20)9-15-17(21)16(11(2)19)12(3)22-15/h5-9H,1-4H3/b15-9+. The number of hydrogen-bond donors (Lipinski definition) is 0. The zero-order valence-electron chi connectivity index (χ0n) is 13.0. The van der Waals surface area contributed by atoms with Gasteiger partial charge in [0.1, 0.15) is 11.3 Å². The molecule has 0 radical (unpaired) electrons. The Morgan fingerprint density at radius 1 is 1.09 bits per heavy atom. The van der Waals surface area contributed by atoms with E-state index in [0.717, 1.165) is 5.56 Å². The second-order valence-electron chi connectivity index (χ2n) is 5.14. The lowest BCUT2D eigenvalue weighted by atomic mass is 10.1. The first-order valence-electron chi connectivity index (χ1n) is 6.84. The van der Waals surface area contributed by atoms with E-state index in [9.17, 15) is 14.4 Å². The highest BCUT2D eigenvalue weighted by molar-refractivity contribution is 6.26. The summed E-state index contributed by atoms with van der Waals surface area (Å²) in [6.45, 7) is 6.20. The Balaban J connectivity index is 2.37. The Morgan fingerprint density at radius 2 is 1.68 bits per heavy atom. The van der Waals surface area contributed by atoms with Crippen LogP contribution in [0.5, 0.6) is 0 Å². The summed E-state index contributed by atoms with van der Waals surface area (Å²) in [6.07, 6.45) is 1.33. The number of amides is 1. The van der Waals surface area contributed by atoms with Crippen LogP contribution in [-0.4, -0.2) is 17.5 Å². The summed E-state index contributed by atoms with van der Waals surface area (Å²) in [5.74, 6) is -0.879. The van der Waals surface area contributed by atoms with Gasteiger partial charge < -0.3 is 4.74 Å². The second kappa shape index (κ2) is 5.97. The Hall–Kier alpha value is -2.69. The molecule has 1 aliphatic heterocycles. The van der Waals surface area contributed by atoms with Crippen molar-refractivity contribution in [2.45, 2.75) is 27.7 Å². The number of benzene rings is 1. The van der Waals surface area contributed by atoms with Gasteiger partial charge >= 0.3 is 0 Å². The minimum Gasteiger partial charge on any atom is -0.455 e. The van der Waals surface area contributed by atoms with Crippen LogP contribution in [0.2, 0.25) is 0 Å². The predicted molar refractivity (Wildman–Crippen MR) is 81.9 cm³/mol. The first kappa shape index (κ1) is 15.7. The summed E-state index contributed by atoms with van der Waals surface area (Å²) in [5.41, 5.74) is 1.71. The molecule has 0 bridgehead atoms. The number of hydrogen-bond acceptors (Lipinski definition) is 4. The van der Waals surface area contributed by atoms with Crippen molar-refractivity contribution in [3.63, 3.8) is 0 Å². The lowest BCUT2D eigenvalue weighted by Crippen LogP contribution is -2.23. The van der Waals surface area contributed by atoms with Crippen molar-refractivity contribution in [3.05, 3.63) is 53.1 Å². The summed E-state index contributed by atoms with van der Waals surface area (Å²) in [6, 6.07) is 7.29. The highest BCUT2D eigenvalue weighted by atomic mass is 16.5. The molecule has 1 amide bonds. The van der Waals surface area contributed by atoms with Crippen LogP contribution in [0.25, 0.3) is 0 Å². The summed E-state index contributed by atoms with van der Waals surface area (Å²) in [4.78, 5) is 36.8. The molecule has 0 fully saturated rings. The number of ketones is 2. The average Bonchev–Trinajstić information content (AvgIpc) is 2.71. The monoisotopic (exact) mass is 299 g/mol. The van der Waals surface area contributed by atoms with Gasteiger partial charge in [-0.05, 0) is 32.9 Å². The molecule has 1 aromatic carbocycles. The van der Waals surface area contributed by atoms with Gasteiger partial charge in [-0.1, -0.05) is 17.7 Å². The topological polar surface area (TPSA) is 63.7 Å². The number of rotatable bonds is 3. The van der Waals surface area contributed by atoms with E-state index >= 15 is 0 Å². The van der Waals surface area contributed by atoms with E-state index in [2.05, 4.69) is 0 Å². The van der Waals surface area contributed by atoms with Crippen LogP contribution in [0.3, 0.4) is 0 Å². The third kappa shape index (κ3) is 2.98. The first-order valence-corrected chi connectivity index (χ1v) is 6.84. The van der Waals surface area contributed by atoms with Gasteiger partial charge in [0.15, 0.2) is 11.5 Å². The maximum atomic E-state index is 12.2. The SMILES string of the molecule is CC(=O)C1=C(C)O/C(=C/N(C(C)=O)c2ccc(C)cc2)C1=O. The van der Waals surface area contributed by atoms with Crippen LogP contribution in [-0.2, 0) is 19.1 Å². The van der Waals surface area contributed by atoms with E-state index in [4.69, 9.17) is 4.74 Å². The molecular weight excluding hydrogens is 282 g/mol. The third-order valence-electron chi connectivity index (χ3n) is 3.32. The fourth-order valence-electron chi connectivity index (χ4n) is 2.21. The van der Waals surface area contributed by atoms with Crippen LogP contribution in [0.15, 0.2) is 47.6 Å². The Bertz CT molecular complexity index is 711. The van der Waals surface area contributed by atoms with E-state index in [1.54, 1.807) is 19.1 Å². The molecule has 2 rings (SSSR count). The number of nitrogens with zero attached hydrogens (tertiary/aromatic N) is 1. The molecule has 0 N–H and O–H groups in total. The number of Topliss-reactive ketones (excluding diaryl/α,β-unsaturated/α-hetero) is 2. The number of allylic oxidation sites excluding steroid dienone is 2. The van der Waals surface area contributed by atoms with Gasteiger partial charge in [0.2, 0.25) is 11.7 Å². The fraction of sp³-hybridized carbons (Fsp3) is 0.235. The average molecular weight is 299 g/mol. The summed E-state index contributed by atoms with van der Waals surface area (Å²) in [5, 5.41) is 0. The molecule has 0 spiro atoms. The van der Waals surface area contributed by atoms with Crippen LogP contribution < -0.4 is 4.90 Å². The zero-order valence-corrected chi connectivity index (χ0v) is 13.0. The number of ether oxygens (including phenoxy) is 1. The third-order valence-corrected chi connectivity index (χ3v) is 3.32. The van der Waals surface area contributed by atoms with Crippen LogP contribution in [0.4, 0.5) is 5.69 Å². The van der Waals surface area contributed by atoms with Crippen molar-refractivity contribution in [1.29, 1.82) is 0 Å². The molecule has 0 aliphatic carbocycles. The molecule has 5 nitrogen and oxygen atoms in total. The molecule has 0 unspecified atom stereocenters. The van der Waals surface area contributed by atoms with Crippen molar-refractivity contribution in [1.82, 2.24) is 0 Å². The van der Waals surface area contributed by atoms with Crippen LogP contribution in [0.1, 0.15) is 26.3 Å². The van der Waals surface area contributed by atoms with Crippen molar-refractivity contribution in [2.75, 3.05) is 4.90 Å². The molecule has 1 heterocycles. The van der Waals surface area contributed by atoms with Crippen LogP contribution >= 0.6 is 0 Å². The summed E-state index contributed by atoms with van der Waals surface area (Å²) in [7, 11) is 0. The highest BCUT2D eigenvalue weighted by Crippen LogP contribution is 2.27. The Morgan fingerprint density at radius 3 is 2.14 bits per heavy atom. The van der Waals surface area contributed by atoms with Crippen molar-refractivity contribution in [2.24, 2.45) is 0 Å². The normalized spacial score (nSPS) is 16.0. The predicted octanol–water partition coefficient (Wildman–Crippen LogP) is 2.65. The van der Waals surface area contributed by atoms with E-state index in [0.29, 0.717) is 5.69 Å². The van der Waals surface area contributed by atoms with Crippen LogP contribution in [0, 0.1) is 6.92 Å². The molecule has 5 heteroatoms. The molecule has 1 aliphatic rings. The zero-order chi connectivity index (χ0) is 16.4. The quantitative estimate of drug-likeness (QED) is 0.636. The molecule has 0 aromatic heterocycles. The Kier molecular flexibility index (Phi) is 4.26. The first-order chi connectivity index (χ1) is 10.3. The van der Waals surface area contributed by atoms with Crippen molar-refractivity contribution >= 4 is 23.2 Å². The lowest BCUT2D eigenvalue weighted by Gasteiger charge is -2.17. The molecule has 22 heavy (non-hydrogen) atoms. The highest BCUT2D eigenvalue weighted by Gasteiger charge is 2.32. The largest absolute Gasteiger partial charge is 0.455 e. The van der Waals surface area contributed by atoms with Gasteiger partial charge in [-0.2, -0.15) is 0 Å². The lowest BCUT2D eigenvalue weighted by molar-refractivity contribution is -0.118. The molecular formula is C17H17NO4. The molecule has 0 saturated heterocycles. The van der Waals surface area contributed by atoms with E-state index in [-0.39, 0.29) is 28.8 Å². The van der Waals surface area contributed by atoms with Gasteiger partial charge in [0.05, 0.1) is 6.20 Å². The number of anilines is 1. The van der Waals surface area contributed by atoms with Gasteiger partial charge in [0, 0.05) is 12.6 Å². The maximum Gasteiger partial charge on any atom is 0.236 e. The molecule has 0 saturated carbocycles. The van der Waals surface area contributed by atoms with Gasteiger partial charge in [-0.3, -0.25) is 19.3 Å². The number of carbonyl (C=O) groups excluding carboxylic acids is 3. The number of carbonyl (C=O) groups is 3. The second-order valence-corrected chi connectivity index (χ2v) is 5.14. The van der Waals surface area contributed by atoms with Gasteiger partial charge in [-0.15, -0.1) is 0 Å². The smallest absolute Gasteiger partial charge is 0.236 e. The Labute approximate surface area is 128 Å². The van der Waals surface area contributed by atoms with Crippen molar-refractivity contribution in [3.8, 4) is 0 Å². The molecule has 0 atom stereocenters. The minimum atomic E-state index is -0.497. The summed E-state index contributed by atoms with van der Waals surface area (Å²) < 4.78 is 5.35. The minimum absolute atomic E-state index is 0.0265.